The molecule has 0 aromatic heterocycles. The lowest BCUT2D eigenvalue weighted by molar-refractivity contribution is -0.257. The first kappa shape index (κ1) is 32.4. The Morgan fingerprint density at radius 3 is 2.17 bits per heavy atom. The molecule has 0 fully saturated rings. The van der Waals surface area contributed by atoms with Crippen molar-refractivity contribution in [3.8, 4) is 5.75 Å². The summed E-state index contributed by atoms with van der Waals surface area (Å²) in [6, 6.07) is 7.16. The summed E-state index contributed by atoms with van der Waals surface area (Å²) in [6.45, 7) is 0.721. The van der Waals surface area contributed by atoms with E-state index in [0.29, 0.717) is 13.8 Å². The van der Waals surface area contributed by atoms with Gasteiger partial charge in [-0.3, -0.25) is 9.10 Å². The normalized spacial score (nSPS) is 16.6. The molecule has 17 heteroatoms. The number of sulfone groups is 1. The minimum Gasteiger partial charge on any atom is -0.486 e. The summed E-state index contributed by atoms with van der Waals surface area (Å²) >= 11 is 0. The zero-order chi connectivity index (χ0) is 31.0. The van der Waals surface area contributed by atoms with E-state index in [1.165, 1.54) is 12.1 Å². The summed E-state index contributed by atoms with van der Waals surface area (Å²) in [6.07, 6.45) is -12.3. The van der Waals surface area contributed by atoms with Gasteiger partial charge in [0.2, 0.25) is 5.60 Å². The number of rotatable bonds is 9. The second-order valence-corrected chi connectivity index (χ2v) is 13.7. The average molecular weight is 636 g/mol. The van der Waals surface area contributed by atoms with Crippen LogP contribution in [-0.2, 0) is 35.8 Å². The first-order chi connectivity index (χ1) is 18.6. The van der Waals surface area contributed by atoms with Crippen molar-refractivity contribution in [2.45, 2.75) is 55.6 Å². The molecule has 0 saturated carbocycles. The van der Waals surface area contributed by atoms with Gasteiger partial charge in [0.1, 0.15) is 23.4 Å². The molecular formula is C24H24F7NO7S2. The molecule has 0 N–H and O–H groups in total. The van der Waals surface area contributed by atoms with Gasteiger partial charge in [-0.15, -0.1) is 0 Å². The van der Waals surface area contributed by atoms with E-state index in [1.54, 1.807) is 0 Å². The minimum atomic E-state index is -4.98. The molecule has 2 aromatic rings. The fraction of sp³-hybridized carbons (Fsp3) is 0.458. The average Bonchev–Trinajstić information content (AvgIpc) is 2.80. The van der Waals surface area contributed by atoms with Gasteiger partial charge in [-0.1, -0.05) is 6.07 Å². The molecule has 228 valence electrons. The summed E-state index contributed by atoms with van der Waals surface area (Å²) in [5.74, 6) is -5.24. The number of halogens is 7. The molecule has 1 heterocycles. The number of hydrogen-bond acceptors (Lipinski definition) is 7. The number of fused-ring (bicyclic) bond motifs is 1. The van der Waals surface area contributed by atoms with Crippen LogP contribution in [0.4, 0.5) is 36.4 Å². The molecule has 3 rings (SSSR count). The Morgan fingerprint density at radius 2 is 1.61 bits per heavy atom. The fourth-order valence-electron chi connectivity index (χ4n) is 3.76. The molecule has 1 atom stereocenters. The van der Waals surface area contributed by atoms with Crippen LogP contribution in [0.3, 0.4) is 0 Å². The Labute approximate surface area is 231 Å². The van der Waals surface area contributed by atoms with Crippen LogP contribution in [0.2, 0.25) is 0 Å². The Morgan fingerprint density at radius 1 is 1.00 bits per heavy atom. The van der Waals surface area contributed by atoms with Crippen molar-refractivity contribution in [1.29, 1.82) is 0 Å². The highest BCUT2D eigenvalue weighted by atomic mass is 32.2. The molecule has 0 saturated heterocycles. The van der Waals surface area contributed by atoms with E-state index < -0.39 is 91.5 Å². The molecule has 0 unspecified atom stereocenters. The van der Waals surface area contributed by atoms with Gasteiger partial charge < -0.3 is 9.47 Å². The van der Waals surface area contributed by atoms with Gasteiger partial charge in [-0.05, 0) is 62.2 Å². The largest absolute Gasteiger partial charge is 0.486 e. The molecule has 1 aliphatic rings. The van der Waals surface area contributed by atoms with Gasteiger partial charge in [-0.25, -0.2) is 21.2 Å². The van der Waals surface area contributed by atoms with Crippen molar-refractivity contribution in [2.75, 3.05) is 22.4 Å². The number of carbonyl (C=O) groups excluding carboxylic acids is 1. The van der Waals surface area contributed by atoms with E-state index in [4.69, 9.17) is 4.74 Å². The van der Waals surface area contributed by atoms with Crippen LogP contribution in [0, 0.1) is 5.82 Å². The van der Waals surface area contributed by atoms with E-state index in [9.17, 15) is 52.4 Å². The summed E-state index contributed by atoms with van der Waals surface area (Å²) in [4.78, 5) is 11.9. The number of ether oxygens (including phenoxy) is 2. The third-order valence-corrected chi connectivity index (χ3v) is 9.31. The van der Waals surface area contributed by atoms with Crippen molar-refractivity contribution in [3.63, 3.8) is 0 Å². The van der Waals surface area contributed by atoms with Crippen LogP contribution < -0.4 is 9.04 Å². The number of sulfonamides is 1. The van der Waals surface area contributed by atoms with E-state index in [-0.39, 0.29) is 17.0 Å². The lowest BCUT2D eigenvalue weighted by atomic mass is 10.1. The molecule has 41 heavy (non-hydrogen) atoms. The van der Waals surface area contributed by atoms with Crippen LogP contribution >= 0.6 is 0 Å². The van der Waals surface area contributed by atoms with Crippen molar-refractivity contribution in [3.05, 3.63) is 53.8 Å². The van der Waals surface area contributed by atoms with Crippen LogP contribution in [0.5, 0.6) is 5.75 Å². The lowest BCUT2D eigenvalue weighted by Crippen LogP contribution is -2.44. The Balaban J connectivity index is 1.94. The zero-order valence-corrected chi connectivity index (χ0v) is 23.1. The maximum absolute atomic E-state index is 13.5. The molecule has 0 amide bonds. The lowest BCUT2D eigenvalue weighted by Gasteiger charge is -2.36. The quantitative estimate of drug-likeness (QED) is 0.294. The SMILES string of the molecule is CC(C)(OC(=O)Cc1ccc2c(c1)N(S(=O)(=O)c1ccc(F)cc1)C[C@H](CCS(=O)(=O)CC(F)(F)F)O2)C(F)(F)F. The van der Waals surface area contributed by atoms with Crippen molar-refractivity contribution in [1.82, 2.24) is 0 Å². The number of anilines is 1. The van der Waals surface area contributed by atoms with E-state index in [0.717, 1.165) is 34.6 Å². The van der Waals surface area contributed by atoms with Crippen molar-refractivity contribution >= 4 is 31.5 Å². The van der Waals surface area contributed by atoms with Gasteiger partial charge in [-0.2, -0.15) is 26.3 Å². The third kappa shape index (κ3) is 8.24. The summed E-state index contributed by atoms with van der Waals surface area (Å²) in [5, 5.41) is 0. The number of alkyl halides is 6. The van der Waals surface area contributed by atoms with Gasteiger partial charge in [0.15, 0.2) is 9.84 Å². The molecule has 0 radical (unpaired) electrons. The van der Waals surface area contributed by atoms with Crippen molar-refractivity contribution in [2.24, 2.45) is 0 Å². The third-order valence-electron chi connectivity index (χ3n) is 5.89. The van der Waals surface area contributed by atoms with E-state index >= 15 is 0 Å². The van der Waals surface area contributed by atoms with E-state index in [1.807, 2.05) is 0 Å². The molecular weight excluding hydrogens is 611 g/mol. The smallest absolute Gasteiger partial charge is 0.427 e. The number of hydrogen-bond donors (Lipinski definition) is 0. The Kier molecular flexibility index (Phi) is 8.94. The fourth-order valence-corrected chi connectivity index (χ4v) is 6.52. The molecule has 1 aliphatic heterocycles. The van der Waals surface area contributed by atoms with Crippen LogP contribution in [0.1, 0.15) is 25.8 Å². The number of nitrogens with zero attached hydrogens (tertiary/aromatic N) is 1. The summed E-state index contributed by atoms with van der Waals surface area (Å²) in [7, 11) is -9.13. The number of carbonyl (C=O) groups is 1. The predicted octanol–water partition coefficient (Wildman–Crippen LogP) is 4.58. The Hall–Kier alpha value is -3.08. The van der Waals surface area contributed by atoms with Gasteiger partial charge >= 0.3 is 18.3 Å². The maximum Gasteiger partial charge on any atom is 0.427 e. The monoisotopic (exact) mass is 635 g/mol. The highest BCUT2D eigenvalue weighted by Gasteiger charge is 2.50. The molecule has 2 aromatic carbocycles. The standard InChI is InChI=1S/C24H24F7NO7S2/c1-22(2,24(29,30)31)39-21(33)12-15-3-8-20-19(11-15)32(41(36,37)18-6-4-16(25)5-7-18)13-17(38-20)9-10-40(34,35)14-23(26,27)28/h3-8,11,17H,9-10,12-14H2,1-2H3/t17-/m0/s1. The number of esters is 1. The maximum atomic E-state index is 13.5. The van der Waals surface area contributed by atoms with Crippen LogP contribution in [0.15, 0.2) is 47.4 Å². The first-order valence-corrected chi connectivity index (χ1v) is 15.0. The van der Waals surface area contributed by atoms with Gasteiger partial charge in [0, 0.05) is 0 Å². The first-order valence-electron chi connectivity index (χ1n) is 11.7. The Bertz CT molecular complexity index is 1490. The predicted molar refractivity (Wildman–Crippen MR) is 131 cm³/mol. The second-order valence-electron chi connectivity index (χ2n) is 9.69. The highest BCUT2D eigenvalue weighted by molar-refractivity contribution is 7.93. The van der Waals surface area contributed by atoms with E-state index in [2.05, 4.69) is 4.74 Å². The zero-order valence-electron chi connectivity index (χ0n) is 21.4. The molecule has 0 aliphatic carbocycles. The molecule has 8 nitrogen and oxygen atoms in total. The summed E-state index contributed by atoms with van der Waals surface area (Å²) in [5.41, 5.74) is -2.97. The van der Waals surface area contributed by atoms with Crippen molar-refractivity contribution < 1.29 is 61.8 Å². The minimum absolute atomic E-state index is 0.0286. The topological polar surface area (TPSA) is 107 Å². The summed E-state index contributed by atoms with van der Waals surface area (Å²) < 4.78 is 152. The second kappa shape index (κ2) is 11.3. The number of benzene rings is 2. The van der Waals surface area contributed by atoms with Gasteiger partial charge in [0.25, 0.3) is 10.0 Å². The van der Waals surface area contributed by atoms with Crippen LogP contribution in [-0.4, -0.2) is 64.9 Å². The molecule has 0 bridgehead atoms. The highest BCUT2D eigenvalue weighted by Crippen LogP contribution is 2.39. The van der Waals surface area contributed by atoms with Crippen LogP contribution in [0.25, 0.3) is 0 Å². The van der Waals surface area contributed by atoms with Gasteiger partial charge in [0.05, 0.1) is 29.3 Å². The molecule has 0 spiro atoms.